The van der Waals surface area contributed by atoms with E-state index in [9.17, 15) is 0 Å². The molecule has 0 spiro atoms. The number of hydrogen-bond donors (Lipinski definition) is 2. The molecule has 2 N–H and O–H groups in total. The lowest BCUT2D eigenvalue weighted by Gasteiger charge is -2.18. The van der Waals surface area contributed by atoms with E-state index >= 15 is 0 Å². The number of rotatable bonds is 6. The van der Waals surface area contributed by atoms with Gasteiger partial charge in [-0.25, -0.2) is 9.97 Å². The Balaban J connectivity index is 2.31. The topological polar surface area (TPSA) is 75.9 Å². The van der Waals surface area contributed by atoms with Crippen molar-refractivity contribution in [3.63, 3.8) is 0 Å². The molecule has 0 saturated carbocycles. The van der Waals surface area contributed by atoms with Crippen molar-refractivity contribution < 1.29 is 4.52 Å². The van der Waals surface area contributed by atoms with E-state index < -0.39 is 0 Å². The molecule has 6 nitrogen and oxygen atoms in total. The lowest BCUT2D eigenvalue weighted by Crippen LogP contribution is -2.13. The minimum Gasteiger partial charge on any atom is -0.373 e. The molecular formula is C15H23N5O. The third-order valence-corrected chi connectivity index (χ3v) is 3.56. The second kappa shape index (κ2) is 6.56. The first-order valence-electron chi connectivity index (χ1n) is 7.29. The monoisotopic (exact) mass is 289 g/mol. The Morgan fingerprint density at radius 1 is 1.24 bits per heavy atom. The van der Waals surface area contributed by atoms with Crippen LogP contribution in [-0.4, -0.2) is 22.2 Å². The summed E-state index contributed by atoms with van der Waals surface area (Å²) in [5.74, 6) is 2.58. The highest BCUT2D eigenvalue weighted by Gasteiger charge is 2.18. The molecule has 0 aliphatic heterocycles. The van der Waals surface area contributed by atoms with Crippen LogP contribution >= 0.6 is 0 Å². The number of anilines is 2. The predicted molar refractivity (Wildman–Crippen MR) is 83.6 cm³/mol. The fourth-order valence-corrected chi connectivity index (χ4v) is 2.62. The molecule has 1 unspecified atom stereocenters. The van der Waals surface area contributed by atoms with E-state index in [0.29, 0.717) is 0 Å². The maximum atomic E-state index is 5.24. The van der Waals surface area contributed by atoms with Crippen molar-refractivity contribution >= 4 is 11.6 Å². The average molecular weight is 289 g/mol. The lowest BCUT2D eigenvalue weighted by atomic mass is 10.1. The van der Waals surface area contributed by atoms with Crippen LogP contribution in [0.1, 0.15) is 48.9 Å². The van der Waals surface area contributed by atoms with Crippen LogP contribution in [-0.2, 0) is 6.42 Å². The number of hydrogen-bond acceptors (Lipinski definition) is 6. The molecule has 114 valence electrons. The zero-order valence-electron chi connectivity index (χ0n) is 13.3. The van der Waals surface area contributed by atoms with E-state index in [2.05, 4.69) is 39.6 Å². The Kier molecular flexibility index (Phi) is 4.77. The number of aromatic nitrogens is 3. The highest BCUT2D eigenvalue weighted by Crippen LogP contribution is 2.28. The van der Waals surface area contributed by atoms with Gasteiger partial charge in [0, 0.05) is 18.2 Å². The number of aryl methyl sites for hydroxylation is 2. The Morgan fingerprint density at radius 2 is 1.95 bits per heavy atom. The molecule has 0 radical (unpaired) electrons. The minimum atomic E-state index is 0.0754. The van der Waals surface area contributed by atoms with Gasteiger partial charge in [-0.05, 0) is 27.2 Å². The van der Waals surface area contributed by atoms with Gasteiger partial charge in [0.15, 0.2) is 0 Å². The van der Waals surface area contributed by atoms with Gasteiger partial charge in [-0.3, -0.25) is 0 Å². The Labute approximate surface area is 125 Å². The summed E-state index contributed by atoms with van der Waals surface area (Å²) in [5.41, 5.74) is 3.11. The average Bonchev–Trinajstić information content (AvgIpc) is 2.80. The maximum Gasteiger partial charge on any atom is 0.139 e. The van der Waals surface area contributed by atoms with Gasteiger partial charge in [-0.15, -0.1) is 0 Å². The Hall–Kier alpha value is -2.11. The van der Waals surface area contributed by atoms with Crippen molar-refractivity contribution in [3.05, 3.63) is 28.9 Å². The van der Waals surface area contributed by atoms with E-state index in [4.69, 9.17) is 4.52 Å². The molecule has 2 aromatic rings. The summed E-state index contributed by atoms with van der Waals surface area (Å²) in [5, 5.41) is 10.6. The molecule has 2 heterocycles. The molecule has 0 fully saturated rings. The van der Waals surface area contributed by atoms with E-state index in [1.807, 2.05) is 20.9 Å². The molecule has 2 rings (SSSR count). The van der Waals surface area contributed by atoms with Crippen molar-refractivity contribution in [1.82, 2.24) is 15.1 Å². The molecule has 0 saturated heterocycles. The van der Waals surface area contributed by atoms with Crippen LogP contribution in [0.5, 0.6) is 0 Å². The van der Waals surface area contributed by atoms with Crippen LogP contribution in [0.15, 0.2) is 10.9 Å². The van der Waals surface area contributed by atoms with Crippen LogP contribution in [0.4, 0.5) is 11.6 Å². The molecule has 1 atom stereocenters. The first-order chi connectivity index (χ1) is 10.1. The summed E-state index contributed by atoms with van der Waals surface area (Å²) in [4.78, 5) is 8.69. The first kappa shape index (κ1) is 15.3. The zero-order valence-corrected chi connectivity index (χ0v) is 13.3. The van der Waals surface area contributed by atoms with Gasteiger partial charge in [0.05, 0.1) is 11.7 Å². The predicted octanol–water partition coefficient (Wildman–Crippen LogP) is 3.25. The Bertz CT molecular complexity index is 589. The summed E-state index contributed by atoms with van der Waals surface area (Å²) in [6.45, 7) is 8.12. The highest BCUT2D eigenvalue weighted by atomic mass is 16.5. The van der Waals surface area contributed by atoms with Crippen molar-refractivity contribution in [2.75, 3.05) is 17.7 Å². The van der Waals surface area contributed by atoms with E-state index in [-0.39, 0.29) is 6.04 Å². The minimum absolute atomic E-state index is 0.0754. The fourth-order valence-electron chi connectivity index (χ4n) is 2.62. The van der Waals surface area contributed by atoms with Gasteiger partial charge >= 0.3 is 0 Å². The number of nitrogens with zero attached hydrogens (tertiary/aromatic N) is 3. The third kappa shape index (κ3) is 3.15. The second-order valence-corrected chi connectivity index (χ2v) is 5.15. The molecule has 0 aromatic carbocycles. The fraction of sp³-hybridized carbons (Fsp3) is 0.533. The largest absolute Gasteiger partial charge is 0.373 e. The summed E-state index contributed by atoms with van der Waals surface area (Å²) >= 11 is 0. The summed E-state index contributed by atoms with van der Waals surface area (Å²) in [6, 6.07) is 0.0754. The third-order valence-electron chi connectivity index (χ3n) is 3.56. The first-order valence-corrected chi connectivity index (χ1v) is 7.29. The smallest absolute Gasteiger partial charge is 0.139 e. The van der Waals surface area contributed by atoms with Crippen LogP contribution in [0.25, 0.3) is 0 Å². The van der Waals surface area contributed by atoms with E-state index in [0.717, 1.165) is 47.1 Å². The van der Waals surface area contributed by atoms with Crippen LogP contribution < -0.4 is 10.6 Å². The van der Waals surface area contributed by atoms with Crippen molar-refractivity contribution in [1.29, 1.82) is 0 Å². The van der Waals surface area contributed by atoms with Gasteiger partial charge < -0.3 is 15.2 Å². The lowest BCUT2D eigenvalue weighted by molar-refractivity contribution is 0.392. The molecule has 0 amide bonds. The van der Waals surface area contributed by atoms with Gasteiger partial charge in [0.1, 0.15) is 23.7 Å². The normalized spacial score (nSPS) is 12.2. The summed E-state index contributed by atoms with van der Waals surface area (Å²) < 4.78 is 5.24. The number of nitrogens with one attached hydrogen (secondary N) is 2. The van der Waals surface area contributed by atoms with Crippen molar-refractivity contribution in [3.8, 4) is 0 Å². The molecule has 0 aliphatic carbocycles. The van der Waals surface area contributed by atoms with E-state index in [1.54, 1.807) is 6.33 Å². The van der Waals surface area contributed by atoms with E-state index in [1.165, 1.54) is 0 Å². The molecule has 2 aromatic heterocycles. The molecule has 0 bridgehead atoms. The molecule has 6 heteroatoms. The van der Waals surface area contributed by atoms with Crippen LogP contribution in [0.3, 0.4) is 0 Å². The van der Waals surface area contributed by atoms with Gasteiger partial charge in [0.2, 0.25) is 0 Å². The summed E-state index contributed by atoms with van der Waals surface area (Å²) in [7, 11) is 1.88. The van der Waals surface area contributed by atoms with Crippen molar-refractivity contribution in [2.24, 2.45) is 0 Å². The summed E-state index contributed by atoms with van der Waals surface area (Å²) in [6.07, 6.45) is 3.54. The highest BCUT2D eigenvalue weighted by molar-refractivity contribution is 5.58. The van der Waals surface area contributed by atoms with Gasteiger partial charge in [-0.1, -0.05) is 18.5 Å². The molecular weight excluding hydrogens is 266 g/mol. The zero-order chi connectivity index (χ0) is 15.4. The Morgan fingerprint density at radius 3 is 2.52 bits per heavy atom. The molecule has 0 aliphatic rings. The quantitative estimate of drug-likeness (QED) is 0.850. The van der Waals surface area contributed by atoms with Gasteiger partial charge in [0.25, 0.3) is 0 Å². The maximum absolute atomic E-state index is 5.24. The van der Waals surface area contributed by atoms with Crippen LogP contribution in [0.2, 0.25) is 0 Å². The molecule has 21 heavy (non-hydrogen) atoms. The van der Waals surface area contributed by atoms with Crippen LogP contribution in [0, 0.1) is 13.8 Å². The van der Waals surface area contributed by atoms with Gasteiger partial charge in [-0.2, -0.15) is 0 Å². The second-order valence-electron chi connectivity index (χ2n) is 5.15. The SMILES string of the molecule is CCCc1c(NC)ncnc1NC(C)c1c(C)noc1C. The van der Waals surface area contributed by atoms with Crippen molar-refractivity contribution in [2.45, 2.75) is 46.6 Å². The standard InChI is InChI=1S/C15H23N5O/c1-6-7-12-14(16-5)17-8-18-15(12)19-9(2)13-10(3)20-21-11(13)4/h8-9H,6-7H2,1-5H3,(H2,16,17,18,19).